The first-order valence-corrected chi connectivity index (χ1v) is 6.39. The highest BCUT2D eigenvalue weighted by molar-refractivity contribution is 5.83. The number of rotatable bonds is 2. The van der Waals surface area contributed by atoms with Gasteiger partial charge in [0.15, 0.2) is 0 Å². The standard InChI is InChI=1S/C16H15N3O/c1-10-7-11(2)15(8-13(10)17)20-16-12-5-3-4-6-14(12)18-9-19-16/h3-9H,17H2,1-2H3. The zero-order chi connectivity index (χ0) is 14.1. The van der Waals surface area contributed by atoms with Gasteiger partial charge in [-0.2, -0.15) is 0 Å². The van der Waals surface area contributed by atoms with Gasteiger partial charge in [0.05, 0.1) is 10.9 Å². The summed E-state index contributed by atoms with van der Waals surface area (Å²) in [6, 6.07) is 11.6. The summed E-state index contributed by atoms with van der Waals surface area (Å²) in [6.07, 6.45) is 1.50. The predicted octanol–water partition coefficient (Wildman–Crippen LogP) is 3.62. The highest BCUT2D eigenvalue weighted by Gasteiger charge is 2.09. The molecule has 3 aromatic rings. The van der Waals surface area contributed by atoms with Gasteiger partial charge >= 0.3 is 0 Å². The summed E-state index contributed by atoms with van der Waals surface area (Å²) in [5.74, 6) is 1.26. The number of nitrogens with zero attached hydrogens (tertiary/aromatic N) is 2. The van der Waals surface area contributed by atoms with E-state index in [1.54, 1.807) is 0 Å². The third kappa shape index (κ3) is 2.16. The van der Waals surface area contributed by atoms with Gasteiger partial charge in [0, 0.05) is 11.8 Å². The van der Waals surface area contributed by atoms with Crippen molar-refractivity contribution < 1.29 is 4.74 Å². The number of aryl methyl sites for hydroxylation is 2. The van der Waals surface area contributed by atoms with E-state index in [2.05, 4.69) is 9.97 Å². The first-order valence-electron chi connectivity index (χ1n) is 6.39. The molecule has 1 aromatic heterocycles. The number of nitrogens with two attached hydrogens (primary N) is 1. The van der Waals surface area contributed by atoms with Crippen LogP contribution in [-0.4, -0.2) is 9.97 Å². The van der Waals surface area contributed by atoms with Crippen molar-refractivity contribution in [1.29, 1.82) is 0 Å². The molecule has 0 saturated carbocycles. The average Bonchev–Trinajstić information content (AvgIpc) is 2.45. The van der Waals surface area contributed by atoms with Crippen LogP contribution >= 0.6 is 0 Å². The minimum Gasteiger partial charge on any atom is -0.438 e. The molecular weight excluding hydrogens is 250 g/mol. The molecular formula is C16H15N3O. The van der Waals surface area contributed by atoms with E-state index in [0.717, 1.165) is 27.8 Å². The Bertz CT molecular complexity index is 779. The number of hydrogen-bond acceptors (Lipinski definition) is 4. The number of benzene rings is 2. The van der Waals surface area contributed by atoms with Crippen molar-refractivity contribution in [3.05, 3.63) is 53.9 Å². The molecule has 4 nitrogen and oxygen atoms in total. The molecule has 0 saturated heterocycles. The van der Waals surface area contributed by atoms with Gasteiger partial charge in [-0.1, -0.05) is 18.2 Å². The highest BCUT2D eigenvalue weighted by atomic mass is 16.5. The van der Waals surface area contributed by atoms with E-state index in [0.29, 0.717) is 11.6 Å². The second kappa shape index (κ2) is 4.81. The predicted molar refractivity (Wildman–Crippen MR) is 79.9 cm³/mol. The number of aromatic nitrogens is 2. The Morgan fingerprint density at radius 1 is 1.00 bits per heavy atom. The van der Waals surface area contributed by atoms with Crippen molar-refractivity contribution in [1.82, 2.24) is 9.97 Å². The van der Waals surface area contributed by atoms with Crippen molar-refractivity contribution in [2.75, 3.05) is 5.73 Å². The molecule has 0 aliphatic rings. The molecule has 4 heteroatoms. The van der Waals surface area contributed by atoms with Gasteiger partial charge in [-0.15, -0.1) is 0 Å². The first-order chi connectivity index (χ1) is 9.65. The zero-order valence-corrected chi connectivity index (χ0v) is 11.4. The number of ether oxygens (including phenoxy) is 1. The third-order valence-electron chi connectivity index (χ3n) is 3.28. The number of nitrogen functional groups attached to an aromatic ring is 1. The van der Waals surface area contributed by atoms with E-state index in [9.17, 15) is 0 Å². The lowest BCUT2D eigenvalue weighted by Gasteiger charge is -2.11. The number of hydrogen-bond donors (Lipinski definition) is 1. The molecule has 0 amide bonds. The van der Waals surface area contributed by atoms with Crippen LogP contribution in [-0.2, 0) is 0 Å². The largest absolute Gasteiger partial charge is 0.438 e. The van der Waals surface area contributed by atoms with Crippen LogP contribution in [0.3, 0.4) is 0 Å². The molecule has 2 aromatic carbocycles. The maximum atomic E-state index is 5.94. The number of anilines is 1. The second-order valence-electron chi connectivity index (χ2n) is 4.77. The maximum Gasteiger partial charge on any atom is 0.230 e. The Morgan fingerprint density at radius 2 is 1.80 bits per heavy atom. The molecule has 3 rings (SSSR count). The van der Waals surface area contributed by atoms with Crippen LogP contribution in [0.5, 0.6) is 11.6 Å². The molecule has 0 bridgehead atoms. The lowest BCUT2D eigenvalue weighted by atomic mass is 10.1. The normalized spacial score (nSPS) is 10.7. The fraction of sp³-hybridized carbons (Fsp3) is 0.125. The fourth-order valence-corrected chi connectivity index (χ4v) is 2.12. The first kappa shape index (κ1) is 12.4. The molecule has 0 radical (unpaired) electrons. The van der Waals surface area contributed by atoms with E-state index in [1.807, 2.05) is 50.2 Å². The van der Waals surface area contributed by atoms with Crippen LogP contribution in [0.1, 0.15) is 11.1 Å². The van der Waals surface area contributed by atoms with Crippen LogP contribution in [0, 0.1) is 13.8 Å². The molecule has 0 unspecified atom stereocenters. The molecule has 0 aliphatic carbocycles. The minimum absolute atomic E-state index is 0.543. The topological polar surface area (TPSA) is 61.0 Å². The van der Waals surface area contributed by atoms with Gasteiger partial charge in [-0.3, -0.25) is 0 Å². The molecule has 2 N–H and O–H groups in total. The quantitative estimate of drug-likeness (QED) is 0.719. The van der Waals surface area contributed by atoms with Crippen LogP contribution in [0.4, 0.5) is 5.69 Å². The summed E-state index contributed by atoms with van der Waals surface area (Å²) in [5.41, 5.74) is 9.58. The number of fused-ring (bicyclic) bond motifs is 1. The van der Waals surface area contributed by atoms with Crippen molar-refractivity contribution >= 4 is 16.6 Å². The Labute approximate surface area is 117 Å². The summed E-state index contributed by atoms with van der Waals surface area (Å²) in [4.78, 5) is 8.44. The summed E-state index contributed by atoms with van der Waals surface area (Å²) < 4.78 is 5.93. The Balaban J connectivity index is 2.08. The summed E-state index contributed by atoms with van der Waals surface area (Å²) in [7, 11) is 0. The van der Waals surface area contributed by atoms with Crippen molar-refractivity contribution in [3.8, 4) is 11.6 Å². The molecule has 0 spiro atoms. The van der Waals surface area contributed by atoms with Crippen molar-refractivity contribution in [2.24, 2.45) is 0 Å². The van der Waals surface area contributed by atoms with Gasteiger partial charge in [-0.05, 0) is 37.1 Å². The Kier molecular flexibility index (Phi) is 2.99. The fourth-order valence-electron chi connectivity index (χ4n) is 2.12. The molecule has 1 heterocycles. The van der Waals surface area contributed by atoms with E-state index in [-0.39, 0.29) is 0 Å². The molecule has 100 valence electrons. The van der Waals surface area contributed by atoms with Gasteiger partial charge in [0.2, 0.25) is 5.88 Å². The van der Waals surface area contributed by atoms with Crippen molar-refractivity contribution in [3.63, 3.8) is 0 Å². The SMILES string of the molecule is Cc1cc(C)c(Oc2ncnc3ccccc23)cc1N. The van der Waals surface area contributed by atoms with E-state index in [4.69, 9.17) is 10.5 Å². The smallest absolute Gasteiger partial charge is 0.230 e. The molecule has 0 fully saturated rings. The highest BCUT2D eigenvalue weighted by Crippen LogP contribution is 2.31. The van der Waals surface area contributed by atoms with E-state index < -0.39 is 0 Å². The summed E-state index contributed by atoms with van der Waals surface area (Å²) >= 11 is 0. The van der Waals surface area contributed by atoms with Crippen molar-refractivity contribution in [2.45, 2.75) is 13.8 Å². The van der Waals surface area contributed by atoms with Gasteiger partial charge in [-0.25, -0.2) is 9.97 Å². The summed E-state index contributed by atoms with van der Waals surface area (Å²) in [6.45, 7) is 3.97. The van der Waals surface area contributed by atoms with Gasteiger partial charge in [0.1, 0.15) is 12.1 Å². The molecule has 0 atom stereocenters. The third-order valence-corrected chi connectivity index (χ3v) is 3.28. The Hall–Kier alpha value is -2.62. The Morgan fingerprint density at radius 3 is 2.65 bits per heavy atom. The van der Waals surface area contributed by atoms with Gasteiger partial charge < -0.3 is 10.5 Å². The van der Waals surface area contributed by atoms with Crippen LogP contribution in [0.25, 0.3) is 10.9 Å². The van der Waals surface area contributed by atoms with Crippen LogP contribution in [0.15, 0.2) is 42.7 Å². The molecule has 0 aliphatic heterocycles. The zero-order valence-electron chi connectivity index (χ0n) is 11.4. The lowest BCUT2D eigenvalue weighted by molar-refractivity contribution is 0.465. The van der Waals surface area contributed by atoms with E-state index in [1.165, 1.54) is 6.33 Å². The molecule has 20 heavy (non-hydrogen) atoms. The number of para-hydroxylation sites is 1. The monoisotopic (exact) mass is 265 g/mol. The maximum absolute atomic E-state index is 5.94. The van der Waals surface area contributed by atoms with Gasteiger partial charge in [0.25, 0.3) is 0 Å². The average molecular weight is 265 g/mol. The minimum atomic E-state index is 0.543. The van der Waals surface area contributed by atoms with Crippen LogP contribution < -0.4 is 10.5 Å². The lowest BCUT2D eigenvalue weighted by Crippen LogP contribution is -1.96. The second-order valence-corrected chi connectivity index (χ2v) is 4.77. The van der Waals surface area contributed by atoms with E-state index >= 15 is 0 Å². The van der Waals surface area contributed by atoms with Crippen LogP contribution in [0.2, 0.25) is 0 Å². The summed E-state index contributed by atoms with van der Waals surface area (Å²) in [5, 5.41) is 0.883.